The molecule has 19 heteroatoms. The first-order chi connectivity index (χ1) is 24.8. The number of hydrogen-bond donors (Lipinski definition) is 2. The minimum Gasteiger partial charge on any atom is -0.560 e. The normalized spacial score (nSPS) is 11.2. The first-order valence-electron chi connectivity index (χ1n) is 15.0. The number of azo groups is 2. The topological polar surface area (TPSA) is 263 Å². The van der Waals surface area contributed by atoms with Gasteiger partial charge in [0.05, 0.1) is 61.0 Å². The molecular weight excluding hydrogens is 746 g/mol. The number of carboxylic acid groups (broad SMARTS) is 2. The second-order valence-corrected chi connectivity index (χ2v) is 12.3. The van der Waals surface area contributed by atoms with E-state index in [1.807, 2.05) is 18.2 Å². The van der Waals surface area contributed by atoms with Gasteiger partial charge in [0, 0.05) is 11.1 Å². The van der Waals surface area contributed by atoms with E-state index < -0.39 is 27.5 Å². The van der Waals surface area contributed by atoms with Gasteiger partial charge in [-0.1, -0.05) is 60.7 Å². The summed E-state index contributed by atoms with van der Waals surface area (Å²) in [4.78, 5) is 47.0. The van der Waals surface area contributed by atoms with Gasteiger partial charge in [-0.25, -0.2) is 17.8 Å². The number of carbonyl (C=O) groups excluding carboxylic acids is 2. The van der Waals surface area contributed by atoms with Gasteiger partial charge in [-0.15, -0.1) is 20.5 Å². The van der Waals surface area contributed by atoms with Gasteiger partial charge < -0.3 is 24.9 Å². The molecule has 267 valence electrons. The number of sulfonamides is 1. The van der Waals surface area contributed by atoms with Crippen LogP contribution in [0, 0.1) is 13.8 Å². The van der Waals surface area contributed by atoms with Crippen molar-refractivity contribution in [1.29, 1.82) is 0 Å². The third-order valence-corrected chi connectivity index (χ3v) is 8.12. The number of para-hydroxylation sites is 1. The third-order valence-electron chi connectivity index (χ3n) is 7.24. The Hall–Kier alpha value is -6.52. The first-order valence-corrected chi connectivity index (χ1v) is 16.5. The number of nitrogens with one attached hydrogen (secondary N) is 3. The fourth-order valence-corrected chi connectivity index (χ4v) is 5.25. The number of aryl methyl sites for hydroxylation is 2. The molecule has 0 amide bonds. The Kier molecular flexibility index (Phi) is 12.3. The summed E-state index contributed by atoms with van der Waals surface area (Å²) in [7, 11) is -4.19. The molecule has 53 heavy (non-hydrogen) atoms. The molecule has 2 aromatic heterocycles. The van der Waals surface area contributed by atoms with Gasteiger partial charge in [0.25, 0.3) is 11.1 Å². The molecule has 0 aliphatic heterocycles. The fourth-order valence-electron chi connectivity index (χ4n) is 4.72. The van der Waals surface area contributed by atoms with E-state index in [4.69, 9.17) is 5.14 Å². The van der Waals surface area contributed by atoms with Crippen molar-refractivity contribution in [2.45, 2.75) is 18.7 Å². The van der Waals surface area contributed by atoms with Crippen molar-refractivity contribution in [2.24, 2.45) is 20.5 Å². The summed E-state index contributed by atoms with van der Waals surface area (Å²) in [6, 6.07) is 26.2. The number of benzene rings is 4. The predicted octanol–water partition coefficient (Wildman–Crippen LogP) is 4.24. The summed E-state index contributed by atoms with van der Waals surface area (Å²) in [6.45, 7) is 3.25. The summed E-state index contributed by atoms with van der Waals surface area (Å²) in [6.07, 6.45) is 0. The Morgan fingerprint density at radius 1 is 0.623 bits per heavy atom. The second kappa shape index (κ2) is 16.7. The minimum atomic E-state index is -4.19. The van der Waals surface area contributed by atoms with Crippen LogP contribution in [0.25, 0.3) is 16.5 Å². The molecule has 0 saturated carbocycles. The monoisotopic (exact) mass is 772 g/mol. The zero-order valence-corrected chi connectivity index (χ0v) is 29.7. The molecule has 3 N–H and O–H groups in total. The molecule has 17 nitrogen and oxygen atoms in total. The Bertz CT molecular complexity index is 2590. The van der Waals surface area contributed by atoms with Gasteiger partial charge in [-0.3, -0.25) is 19.8 Å². The van der Waals surface area contributed by atoms with E-state index in [0.29, 0.717) is 17.1 Å². The maximum atomic E-state index is 12.6. The van der Waals surface area contributed by atoms with E-state index >= 15 is 0 Å². The van der Waals surface area contributed by atoms with Gasteiger partial charge in [0.2, 0.25) is 0 Å². The number of carbonyl (C=O) groups is 2. The number of hydrogen-bond acceptors (Lipinski definition) is 12. The van der Waals surface area contributed by atoms with E-state index in [1.54, 1.807) is 44.2 Å². The fraction of sp³-hybridized carbons (Fsp3) is 0.0588. The van der Waals surface area contributed by atoms with Crippen molar-refractivity contribution in [2.75, 3.05) is 0 Å². The van der Waals surface area contributed by atoms with Crippen molar-refractivity contribution < 1.29 is 45.6 Å². The van der Waals surface area contributed by atoms with E-state index in [0.717, 1.165) is 4.68 Å². The molecule has 6 rings (SSSR count). The molecule has 0 bridgehead atoms. The maximum Gasteiger partial charge on any atom is 3.00 e. The molecular formula is C34H26CrN9O8S. The van der Waals surface area contributed by atoms with Crippen molar-refractivity contribution in [3.8, 4) is 11.4 Å². The molecule has 0 spiro atoms. The van der Waals surface area contributed by atoms with E-state index in [-0.39, 0.29) is 67.4 Å². The summed E-state index contributed by atoms with van der Waals surface area (Å²) in [5.74, 6) is -2.77. The number of carboxylic acids is 2. The molecule has 0 aliphatic carbocycles. The zero-order chi connectivity index (χ0) is 37.6. The maximum absolute atomic E-state index is 12.6. The Balaban J connectivity index is 0.000000235. The van der Waals surface area contributed by atoms with Gasteiger partial charge >= 0.3 is 17.4 Å². The molecule has 2 heterocycles. The van der Waals surface area contributed by atoms with Crippen LogP contribution >= 0.6 is 0 Å². The Morgan fingerprint density at radius 3 is 1.49 bits per heavy atom. The van der Waals surface area contributed by atoms with Gasteiger partial charge in [-0.05, 0) is 56.3 Å². The predicted molar refractivity (Wildman–Crippen MR) is 184 cm³/mol. The summed E-state index contributed by atoms with van der Waals surface area (Å²) in [5, 5.41) is 50.5. The molecule has 6 aromatic rings. The molecule has 0 unspecified atom stereocenters. The second-order valence-electron chi connectivity index (χ2n) is 10.8. The van der Waals surface area contributed by atoms with Crippen molar-refractivity contribution in [3.05, 3.63) is 151 Å². The van der Waals surface area contributed by atoms with Crippen LogP contribution in [0.1, 0.15) is 32.1 Å². The molecule has 1 radical (unpaired) electrons. The number of aromatic carboxylic acids is 2. The largest absolute Gasteiger partial charge is 3.00 e. The quantitative estimate of drug-likeness (QED) is 0.200. The van der Waals surface area contributed by atoms with Crippen LogP contribution < -0.4 is 21.3 Å². The van der Waals surface area contributed by atoms with Crippen molar-refractivity contribution >= 4 is 44.7 Å². The molecule has 0 fully saturated rings. The molecule has 0 atom stereocenters. The van der Waals surface area contributed by atoms with Crippen LogP contribution in [0.3, 0.4) is 0 Å². The molecule has 4 aromatic carbocycles. The van der Waals surface area contributed by atoms with Crippen LogP contribution in [0.5, 0.6) is 0 Å². The average Bonchev–Trinajstić information content (AvgIpc) is 3.58. The number of nitrogens with zero attached hydrogens (tertiary/aromatic N) is 6. The van der Waals surface area contributed by atoms with E-state index in [9.17, 15) is 37.8 Å². The summed E-state index contributed by atoms with van der Waals surface area (Å²) < 4.78 is 25.2. The SMILES string of the molecule is Cc1[nH]n(-c2cccc(S([NH-])(=O)=O)c2)c(=O)c1N=Nc1ccccc1C(=O)[O-].Cc1[nH]n(-c2ccccc2)c(=O)c1N=Nc1ccccc1C(=O)[O-].[Cr+3]. The van der Waals surface area contributed by atoms with E-state index in [2.05, 4.69) is 30.7 Å². The standard InChI is InChI=1S/C17H15N5O5S.C17H14N4O3.Cr/c1-10-15(20-19-14-8-3-2-7-13(14)17(24)25)16(23)22(21-10)11-5-4-6-12(9-11)28(18,26)27;1-11-15(16(22)21(20-11)12-7-3-2-4-8-12)19-18-14-10-6-5-9-13(14)17(23)24;/h2-9H,1H3,(H4,18,19,21,23,24,25,26,27);2-10,20H,1H3,(H,23,24);/q;;+3/p-3. The number of H-pyrrole nitrogens is 2. The van der Waals surface area contributed by atoms with Crippen LogP contribution in [0.15, 0.2) is 138 Å². The number of aromatic amines is 2. The zero-order valence-electron chi connectivity index (χ0n) is 27.6. The Morgan fingerprint density at radius 2 is 1.04 bits per heavy atom. The van der Waals surface area contributed by atoms with Crippen LogP contribution in [0.2, 0.25) is 0 Å². The average molecular weight is 773 g/mol. The third kappa shape index (κ3) is 9.05. The van der Waals surface area contributed by atoms with Crippen molar-refractivity contribution in [1.82, 2.24) is 19.6 Å². The molecule has 0 saturated heterocycles. The van der Waals surface area contributed by atoms with Gasteiger partial charge in [0.15, 0.2) is 11.4 Å². The summed E-state index contributed by atoms with van der Waals surface area (Å²) in [5.41, 5.74) is 0.669. The van der Waals surface area contributed by atoms with Gasteiger partial charge in [-0.2, -0.15) is 0 Å². The molecule has 0 aliphatic rings. The minimum absolute atomic E-state index is 0. The number of rotatable bonds is 9. The first kappa shape index (κ1) is 39.3. The van der Waals surface area contributed by atoms with E-state index in [1.165, 1.54) is 59.3 Å². The van der Waals surface area contributed by atoms with Gasteiger partial charge in [0.1, 0.15) is 0 Å². The van der Waals surface area contributed by atoms with Crippen LogP contribution in [-0.4, -0.2) is 39.9 Å². The Labute approximate surface area is 310 Å². The smallest absolute Gasteiger partial charge is 0.560 e. The van der Waals surface area contributed by atoms with Crippen LogP contribution in [-0.2, 0) is 27.4 Å². The van der Waals surface area contributed by atoms with Crippen molar-refractivity contribution in [3.63, 3.8) is 0 Å². The number of aromatic nitrogens is 4. The van der Waals surface area contributed by atoms with Crippen LogP contribution in [0.4, 0.5) is 22.7 Å². The summed E-state index contributed by atoms with van der Waals surface area (Å²) >= 11 is 0.